The first-order chi connectivity index (χ1) is 5.83. The topological polar surface area (TPSA) is 41.3 Å². The molecule has 1 fully saturated rings. The number of hydrogen-bond acceptors (Lipinski definition) is 3. The van der Waals surface area contributed by atoms with E-state index in [0.29, 0.717) is 6.61 Å². The first kappa shape index (κ1) is 9.32. The molecular formula is C8H16N2O2. The Morgan fingerprint density at radius 2 is 2.33 bits per heavy atom. The molecular weight excluding hydrogens is 156 g/mol. The summed E-state index contributed by atoms with van der Waals surface area (Å²) in [6, 6.07) is 0. The molecule has 1 amide bonds. The van der Waals surface area contributed by atoms with Gasteiger partial charge in [-0.25, -0.2) is 4.79 Å². The quantitative estimate of drug-likeness (QED) is 0.483. The smallest absolute Gasteiger partial charge is 0.407 e. The molecule has 1 heterocycles. The van der Waals surface area contributed by atoms with Crippen LogP contribution in [0, 0.1) is 0 Å². The Hall–Kier alpha value is -0.770. The maximum Gasteiger partial charge on any atom is 0.407 e. The standard InChI is InChI=1S/C8H16N2O2/c1-2-12-8(11)9-4-3-5-10-6-7-10/h2-7H2,1H3,(H,9,11). The van der Waals surface area contributed by atoms with Crippen molar-refractivity contribution in [2.24, 2.45) is 0 Å². The molecule has 0 atom stereocenters. The first-order valence-corrected chi connectivity index (χ1v) is 4.46. The summed E-state index contributed by atoms with van der Waals surface area (Å²) < 4.78 is 4.70. The zero-order valence-corrected chi connectivity index (χ0v) is 7.51. The summed E-state index contributed by atoms with van der Waals surface area (Å²) in [6.45, 7) is 6.49. The van der Waals surface area contributed by atoms with Gasteiger partial charge in [0.1, 0.15) is 0 Å². The fraction of sp³-hybridized carbons (Fsp3) is 0.875. The minimum Gasteiger partial charge on any atom is -0.450 e. The molecule has 4 nitrogen and oxygen atoms in total. The van der Waals surface area contributed by atoms with Gasteiger partial charge in [0, 0.05) is 19.6 Å². The Labute approximate surface area is 72.9 Å². The highest BCUT2D eigenvalue weighted by Crippen LogP contribution is 2.02. The molecule has 0 bridgehead atoms. The van der Waals surface area contributed by atoms with Gasteiger partial charge in [-0.2, -0.15) is 0 Å². The first-order valence-electron chi connectivity index (χ1n) is 4.46. The lowest BCUT2D eigenvalue weighted by atomic mass is 10.4. The third-order valence-corrected chi connectivity index (χ3v) is 1.74. The van der Waals surface area contributed by atoms with E-state index in [4.69, 9.17) is 4.74 Å². The molecule has 0 radical (unpaired) electrons. The van der Waals surface area contributed by atoms with Crippen molar-refractivity contribution in [2.75, 3.05) is 32.8 Å². The molecule has 0 saturated carbocycles. The van der Waals surface area contributed by atoms with Crippen LogP contribution in [0.2, 0.25) is 0 Å². The van der Waals surface area contributed by atoms with E-state index < -0.39 is 0 Å². The van der Waals surface area contributed by atoms with Crippen LogP contribution >= 0.6 is 0 Å². The predicted molar refractivity (Wildman–Crippen MR) is 46.1 cm³/mol. The minimum atomic E-state index is -0.303. The van der Waals surface area contributed by atoms with Crippen LogP contribution in [-0.4, -0.2) is 43.8 Å². The summed E-state index contributed by atoms with van der Waals surface area (Å²) in [7, 11) is 0. The van der Waals surface area contributed by atoms with Crippen molar-refractivity contribution in [1.82, 2.24) is 10.2 Å². The average Bonchev–Trinajstić information content (AvgIpc) is 2.82. The van der Waals surface area contributed by atoms with Gasteiger partial charge in [-0.05, 0) is 19.9 Å². The molecule has 1 aliphatic rings. The van der Waals surface area contributed by atoms with Gasteiger partial charge in [0.25, 0.3) is 0 Å². The summed E-state index contributed by atoms with van der Waals surface area (Å²) >= 11 is 0. The van der Waals surface area contributed by atoms with E-state index >= 15 is 0 Å². The van der Waals surface area contributed by atoms with Crippen LogP contribution < -0.4 is 5.32 Å². The molecule has 0 aliphatic carbocycles. The molecule has 0 aromatic heterocycles. The van der Waals surface area contributed by atoms with Gasteiger partial charge >= 0.3 is 6.09 Å². The van der Waals surface area contributed by atoms with Crippen molar-refractivity contribution < 1.29 is 9.53 Å². The number of carbonyl (C=O) groups is 1. The third kappa shape index (κ3) is 4.18. The maximum atomic E-state index is 10.8. The van der Waals surface area contributed by atoms with Crippen LogP contribution in [0.25, 0.3) is 0 Å². The summed E-state index contributed by atoms with van der Waals surface area (Å²) in [5.41, 5.74) is 0. The molecule has 1 rings (SSSR count). The lowest BCUT2D eigenvalue weighted by molar-refractivity contribution is 0.152. The van der Waals surface area contributed by atoms with Crippen LogP contribution in [0.4, 0.5) is 4.79 Å². The van der Waals surface area contributed by atoms with Crippen LogP contribution in [0.3, 0.4) is 0 Å². The van der Waals surface area contributed by atoms with E-state index in [9.17, 15) is 4.79 Å². The molecule has 0 spiro atoms. The fourth-order valence-corrected chi connectivity index (χ4v) is 0.970. The summed E-state index contributed by atoms with van der Waals surface area (Å²) in [5, 5.41) is 2.68. The van der Waals surface area contributed by atoms with Crippen LogP contribution in [0.1, 0.15) is 13.3 Å². The summed E-state index contributed by atoms with van der Waals surface area (Å²) in [6.07, 6.45) is 0.710. The average molecular weight is 172 g/mol. The molecule has 1 N–H and O–H groups in total. The van der Waals surface area contributed by atoms with Crippen molar-refractivity contribution in [3.8, 4) is 0 Å². The molecule has 70 valence electrons. The highest BCUT2D eigenvalue weighted by Gasteiger charge is 2.15. The zero-order chi connectivity index (χ0) is 8.81. The Kier molecular flexibility index (Phi) is 3.87. The summed E-state index contributed by atoms with van der Waals surface area (Å²) in [4.78, 5) is 13.1. The Bertz CT molecular complexity index is 146. The number of amides is 1. The van der Waals surface area contributed by atoms with E-state index in [2.05, 4.69) is 10.2 Å². The number of carbonyl (C=O) groups excluding carboxylic acids is 1. The Morgan fingerprint density at radius 1 is 1.58 bits per heavy atom. The number of alkyl carbamates (subject to hydrolysis) is 1. The number of ether oxygens (including phenoxy) is 1. The lowest BCUT2D eigenvalue weighted by Crippen LogP contribution is -2.26. The van der Waals surface area contributed by atoms with Gasteiger partial charge in [-0.1, -0.05) is 0 Å². The van der Waals surface area contributed by atoms with Crippen LogP contribution in [0.5, 0.6) is 0 Å². The molecule has 1 saturated heterocycles. The SMILES string of the molecule is CCOC(=O)NCCCN1CC1. The fourth-order valence-electron chi connectivity index (χ4n) is 0.970. The Morgan fingerprint density at radius 3 is 2.92 bits per heavy atom. The van der Waals surface area contributed by atoms with Crippen LogP contribution in [-0.2, 0) is 4.74 Å². The molecule has 0 aromatic carbocycles. The van der Waals surface area contributed by atoms with Crippen molar-refractivity contribution in [1.29, 1.82) is 0 Å². The van der Waals surface area contributed by atoms with Gasteiger partial charge in [0.2, 0.25) is 0 Å². The van der Waals surface area contributed by atoms with E-state index in [1.54, 1.807) is 6.92 Å². The number of hydrogen-bond donors (Lipinski definition) is 1. The van der Waals surface area contributed by atoms with E-state index in [1.807, 2.05) is 0 Å². The second-order valence-corrected chi connectivity index (χ2v) is 2.84. The third-order valence-electron chi connectivity index (χ3n) is 1.74. The van der Waals surface area contributed by atoms with Gasteiger partial charge in [-0.15, -0.1) is 0 Å². The molecule has 0 aromatic rings. The number of nitrogens with one attached hydrogen (secondary N) is 1. The van der Waals surface area contributed by atoms with Crippen molar-refractivity contribution >= 4 is 6.09 Å². The second kappa shape index (κ2) is 4.98. The molecule has 1 aliphatic heterocycles. The predicted octanol–water partition coefficient (Wildman–Crippen LogP) is 0.438. The molecule has 12 heavy (non-hydrogen) atoms. The minimum absolute atomic E-state index is 0.303. The van der Waals surface area contributed by atoms with Crippen molar-refractivity contribution in [3.05, 3.63) is 0 Å². The highest BCUT2D eigenvalue weighted by atomic mass is 16.5. The van der Waals surface area contributed by atoms with Gasteiger partial charge < -0.3 is 15.0 Å². The molecule has 0 unspecified atom stereocenters. The van der Waals surface area contributed by atoms with Gasteiger partial charge in [-0.3, -0.25) is 0 Å². The van der Waals surface area contributed by atoms with Gasteiger partial charge in [0.15, 0.2) is 0 Å². The largest absolute Gasteiger partial charge is 0.450 e. The van der Waals surface area contributed by atoms with Crippen LogP contribution in [0.15, 0.2) is 0 Å². The number of nitrogens with zero attached hydrogens (tertiary/aromatic N) is 1. The highest BCUT2D eigenvalue weighted by molar-refractivity contribution is 5.66. The van der Waals surface area contributed by atoms with Crippen molar-refractivity contribution in [2.45, 2.75) is 13.3 Å². The summed E-state index contributed by atoms with van der Waals surface area (Å²) in [5.74, 6) is 0. The van der Waals surface area contributed by atoms with E-state index in [-0.39, 0.29) is 6.09 Å². The lowest BCUT2D eigenvalue weighted by Gasteiger charge is -2.04. The Balaban J connectivity index is 1.83. The van der Waals surface area contributed by atoms with Crippen molar-refractivity contribution in [3.63, 3.8) is 0 Å². The molecule has 4 heteroatoms. The zero-order valence-electron chi connectivity index (χ0n) is 7.51. The van der Waals surface area contributed by atoms with E-state index in [1.165, 1.54) is 13.1 Å². The number of rotatable bonds is 5. The normalized spacial score (nSPS) is 15.8. The second-order valence-electron chi connectivity index (χ2n) is 2.84. The maximum absolute atomic E-state index is 10.8. The van der Waals surface area contributed by atoms with E-state index in [0.717, 1.165) is 19.5 Å². The monoisotopic (exact) mass is 172 g/mol. The van der Waals surface area contributed by atoms with Gasteiger partial charge in [0.05, 0.1) is 6.61 Å².